The van der Waals surface area contributed by atoms with Crippen molar-refractivity contribution < 1.29 is 32.5 Å². The summed E-state index contributed by atoms with van der Waals surface area (Å²) in [6.45, 7) is -0.471. The molecule has 5 rings (SSSR count). The van der Waals surface area contributed by atoms with Gasteiger partial charge in [-0.1, -0.05) is 19.3 Å². The van der Waals surface area contributed by atoms with Gasteiger partial charge in [0.2, 0.25) is 5.95 Å². The fraction of sp³-hybridized carbons (Fsp3) is 0.318. The number of carbonyl (C=O) groups is 1. The minimum Gasteiger partial charge on any atom is -0.317 e. The van der Waals surface area contributed by atoms with E-state index in [9.17, 15) is 18.1 Å². The third kappa shape index (κ3) is 6.03. The molecule has 1 amide bonds. The maximum atomic E-state index is 14.6. The quantitative estimate of drug-likeness (QED) is 0.208. The van der Waals surface area contributed by atoms with Gasteiger partial charge in [-0.15, -0.1) is 11.3 Å². The number of phosphoric acid groups is 1. The van der Waals surface area contributed by atoms with E-state index in [1.807, 2.05) is 0 Å². The average molecular weight is 565 g/mol. The summed E-state index contributed by atoms with van der Waals surface area (Å²) in [6.07, 6.45) is 9.42. The maximum absolute atomic E-state index is 14.6. The number of pyridine rings is 1. The SMILES string of the molecule is O=C(Nc1cn(C2CCCCC2)nc1-c1nc(F)ccc1F)c1csc(-c2cnn(COP(=O)(O)O)c2)n1. The van der Waals surface area contributed by atoms with Gasteiger partial charge in [-0.3, -0.25) is 14.0 Å². The van der Waals surface area contributed by atoms with Gasteiger partial charge in [0.1, 0.15) is 22.1 Å². The minimum absolute atomic E-state index is 0.0164. The van der Waals surface area contributed by atoms with Crippen LogP contribution in [0, 0.1) is 11.8 Å². The highest BCUT2D eigenvalue weighted by Crippen LogP contribution is 2.36. The first-order valence-electron chi connectivity index (χ1n) is 11.6. The summed E-state index contributed by atoms with van der Waals surface area (Å²) >= 11 is 1.15. The molecule has 200 valence electrons. The highest BCUT2D eigenvalue weighted by atomic mass is 32.1. The summed E-state index contributed by atoms with van der Waals surface area (Å²) in [6, 6.07) is 1.94. The number of nitrogens with zero attached hydrogens (tertiary/aromatic N) is 6. The van der Waals surface area contributed by atoms with Crippen LogP contribution in [0.25, 0.3) is 22.0 Å². The zero-order chi connectivity index (χ0) is 26.9. The summed E-state index contributed by atoms with van der Waals surface area (Å²) in [5, 5.41) is 13.1. The van der Waals surface area contributed by atoms with Crippen molar-refractivity contribution in [3.63, 3.8) is 0 Å². The molecule has 1 fully saturated rings. The fourth-order valence-electron chi connectivity index (χ4n) is 4.15. The molecule has 3 N–H and O–H groups in total. The number of nitrogens with one attached hydrogen (secondary N) is 1. The van der Waals surface area contributed by atoms with Crippen molar-refractivity contribution in [3.05, 3.63) is 53.6 Å². The van der Waals surface area contributed by atoms with Gasteiger partial charge in [-0.2, -0.15) is 14.6 Å². The number of hydrogen-bond donors (Lipinski definition) is 3. The van der Waals surface area contributed by atoms with Crippen molar-refractivity contribution >= 4 is 30.8 Å². The van der Waals surface area contributed by atoms with E-state index in [1.54, 1.807) is 10.9 Å². The molecule has 38 heavy (non-hydrogen) atoms. The molecule has 0 radical (unpaired) electrons. The van der Waals surface area contributed by atoms with Crippen LogP contribution in [0.15, 0.2) is 36.1 Å². The van der Waals surface area contributed by atoms with E-state index in [0.717, 1.165) is 55.6 Å². The van der Waals surface area contributed by atoms with Crippen LogP contribution in [0.3, 0.4) is 0 Å². The molecule has 1 aliphatic carbocycles. The second-order valence-corrected chi connectivity index (χ2v) is 10.7. The van der Waals surface area contributed by atoms with Gasteiger partial charge < -0.3 is 15.1 Å². The smallest absolute Gasteiger partial charge is 0.317 e. The number of rotatable bonds is 8. The monoisotopic (exact) mass is 565 g/mol. The Morgan fingerprint density at radius 2 is 1.95 bits per heavy atom. The van der Waals surface area contributed by atoms with Gasteiger partial charge >= 0.3 is 7.82 Å². The lowest BCUT2D eigenvalue weighted by Crippen LogP contribution is -2.14. The highest BCUT2D eigenvalue weighted by molar-refractivity contribution is 7.46. The molecule has 0 saturated heterocycles. The van der Waals surface area contributed by atoms with Crippen molar-refractivity contribution in [1.29, 1.82) is 0 Å². The molecule has 4 heterocycles. The van der Waals surface area contributed by atoms with E-state index in [0.29, 0.717) is 10.6 Å². The Balaban J connectivity index is 1.38. The number of amides is 1. The number of hydrogen-bond acceptors (Lipinski definition) is 8. The Morgan fingerprint density at radius 3 is 2.71 bits per heavy atom. The van der Waals surface area contributed by atoms with Crippen LogP contribution in [0.1, 0.15) is 48.6 Å². The van der Waals surface area contributed by atoms with Crippen molar-refractivity contribution in [2.45, 2.75) is 44.9 Å². The molecule has 1 saturated carbocycles. The summed E-state index contributed by atoms with van der Waals surface area (Å²) < 4.78 is 46.6. The number of aromatic nitrogens is 6. The van der Waals surface area contributed by atoms with E-state index >= 15 is 0 Å². The van der Waals surface area contributed by atoms with E-state index < -0.39 is 32.2 Å². The maximum Gasteiger partial charge on any atom is 0.471 e. The highest BCUT2D eigenvalue weighted by Gasteiger charge is 2.24. The van der Waals surface area contributed by atoms with Gasteiger partial charge in [-0.25, -0.2) is 23.6 Å². The molecule has 16 heteroatoms. The molecule has 0 atom stereocenters. The van der Waals surface area contributed by atoms with Crippen LogP contribution in [0.5, 0.6) is 0 Å². The topological polar surface area (TPSA) is 157 Å². The number of halogens is 2. The Hall–Kier alpha value is -3.36. The molecule has 0 spiro atoms. The zero-order valence-electron chi connectivity index (χ0n) is 19.7. The molecule has 4 aromatic rings. The first kappa shape index (κ1) is 26.3. The Kier molecular flexibility index (Phi) is 7.45. The number of anilines is 1. The molecule has 0 bridgehead atoms. The lowest BCUT2D eigenvalue weighted by Gasteiger charge is -2.21. The largest absolute Gasteiger partial charge is 0.471 e. The number of thiazole rings is 1. The van der Waals surface area contributed by atoms with Gasteiger partial charge in [-0.05, 0) is 25.0 Å². The van der Waals surface area contributed by atoms with Crippen molar-refractivity contribution in [3.8, 4) is 22.0 Å². The Morgan fingerprint density at radius 1 is 1.16 bits per heavy atom. The van der Waals surface area contributed by atoms with E-state index in [1.165, 1.54) is 22.5 Å². The van der Waals surface area contributed by atoms with Crippen LogP contribution >= 0.6 is 19.2 Å². The summed E-state index contributed by atoms with van der Waals surface area (Å²) in [5.74, 6) is -2.24. The van der Waals surface area contributed by atoms with Crippen molar-refractivity contribution in [2.75, 3.05) is 5.32 Å². The molecule has 4 aromatic heterocycles. The van der Waals surface area contributed by atoms with E-state index in [-0.39, 0.29) is 28.8 Å². The number of phosphoric ester groups is 1. The van der Waals surface area contributed by atoms with Crippen LogP contribution in [-0.2, 0) is 15.8 Å². The lowest BCUT2D eigenvalue weighted by atomic mass is 9.96. The standard InChI is InChI=1S/C22H22F2N7O5PS/c23-15-6-7-18(24)28-19(15)20-16(10-31(29-20)14-4-2-1-3-5-14)26-21(32)17-11-38-22(27-17)13-8-25-30(9-13)12-36-37(33,34)35/h6-11,14H,1-5,12H2,(H,26,32)(H2,33,34,35). The molecular formula is C22H22F2N7O5PS. The normalized spacial score (nSPS) is 14.6. The molecule has 0 unspecified atom stereocenters. The first-order valence-corrected chi connectivity index (χ1v) is 14.0. The van der Waals surface area contributed by atoms with E-state index in [2.05, 4.69) is 30.0 Å². The predicted octanol–water partition coefficient (Wildman–Crippen LogP) is 4.37. The number of carbonyl (C=O) groups excluding carboxylic acids is 1. The molecule has 1 aliphatic rings. The second kappa shape index (κ2) is 10.8. The van der Waals surface area contributed by atoms with Gasteiger partial charge in [0, 0.05) is 23.3 Å². The first-order chi connectivity index (χ1) is 18.2. The van der Waals surface area contributed by atoms with Crippen molar-refractivity contribution in [2.24, 2.45) is 0 Å². The van der Waals surface area contributed by atoms with Gasteiger partial charge in [0.25, 0.3) is 5.91 Å². The predicted molar refractivity (Wildman–Crippen MR) is 132 cm³/mol. The van der Waals surface area contributed by atoms with E-state index in [4.69, 9.17) is 9.79 Å². The Bertz CT molecular complexity index is 1510. The van der Waals surface area contributed by atoms with Crippen molar-refractivity contribution in [1.82, 2.24) is 29.5 Å². The van der Waals surface area contributed by atoms with Crippen LogP contribution in [0.4, 0.5) is 14.5 Å². The average Bonchev–Trinajstić information content (AvgIpc) is 3.64. The molecule has 0 aromatic carbocycles. The van der Waals surface area contributed by atoms with Crippen LogP contribution < -0.4 is 5.32 Å². The second-order valence-electron chi connectivity index (χ2n) is 8.64. The third-order valence-corrected chi connectivity index (χ3v) is 7.28. The lowest BCUT2D eigenvalue weighted by molar-refractivity contribution is 0.102. The van der Waals surface area contributed by atoms with Crippen LogP contribution in [-0.4, -0.2) is 45.2 Å². The summed E-state index contributed by atoms with van der Waals surface area (Å²) in [5.41, 5.74) is 0.449. The van der Waals surface area contributed by atoms with Crippen LogP contribution in [0.2, 0.25) is 0 Å². The minimum atomic E-state index is -4.66. The zero-order valence-corrected chi connectivity index (χ0v) is 21.4. The van der Waals surface area contributed by atoms with Gasteiger partial charge in [0.15, 0.2) is 12.5 Å². The molecule has 0 aliphatic heterocycles. The summed E-state index contributed by atoms with van der Waals surface area (Å²) in [7, 11) is -4.66. The Labute approximate surface area is 218 Å². The molecule has 12 nitrogen and oxygen atoms in total. The molecular weight excluding hydrogens is 543 g/mol. The fourth-order valence-corrected chi connectivity index (χ4v) is 5.20. The third-order valence-electron chi connectivity index (χ3n) is 5.94. The summed E-state index contributed by atoms with van der Waals surface area (Å²) in [4.78, 5) is 38.7. The van der Waals surface area contributed by atoms with Gasteiger partial charge in [0.05, 0.1) is 17.9 Å².